The van der Waals surface area contributed by atoms with Gasteiger partial charge in [0.05, 0.1) is 21.6 Å². The van der Waals surface area contributed by atoms with Gasteiger partial charge in [0, 0.05) is 32.2 Å². The third kappa shape index (κ3) is 3.77. The fourth-order valence-corrected chi connectivity index (χ4v) is 3.88. The highest BCUT2D eigenvalue weighted by molar-refractivity contribution is 6.33. The molecule has 1 saturated heterocycles. The number of piperazine rings is 1. The van der Waals surface area contributed by atoms with Crippen LogP contribution in [0.15, 0.2) is 42.5 Å². The van der Waals surface area contributed by atoms with Gasteiger partial charge in [0.25, 0.3) is 5.91 Å². The summed E-state index contributed by atoms with van der Waals surface area (Å²) < 4.78 is 13.6. The first-order chi connectivity index (χ1) is 14.6. The predicted molar refractivity (Wildman–Crippen MR) is 116 cm³/mol. The van der Waals surface area contributed by atoms with Crippen LogP contribution in [0.3, 0.4) is 0 Å². The predicted octanol–water partition coefficient (Wildman–Crippen LogP) is 3.96. The highest BCUT2D eigenvalue weighted by atomic mass is 35.5. The quantitative estimate of drug-likeness (QED) is 0.685. The molecule has 0 bridgehead atoms. The lowest BCUT2D eigenvalue weighted by Crippen LogP contribution is -2.49. The summed E-state index contributed by atoms with van der Waals surface area (Å²) in [6.45, 7) is 2.24. The minimum Gasteiger partial charge on any atom is -0.364 e. The highest BCUT2D eigenvalue weighted by Crippen LogP contribution is 2.31. The van der Waals surface area contributed by atoms with Crippen molar-refractivity contribution in [2.24, 2.45) is 0 Å². The topological polar surface area (TPSA) is 61.4 Å². The molecule has 5 rings (SSSR count). The van der Waals surface area contributed by atoms with Crippen LogP contribution < -0.4 is 10.2 Å². The van der Waals surface area contributed by atoms with Gasteiger partial charge < -0.3 is 15.1 Å². The lowest BCUT2D eigenvalue weighted by atomic mass is 10.1. The molecule has 30 heavy (non-hydrogen) atoms. The molecule has 0 spiro atoms. The Morgan fingerprint density at radius 2 is 1.73 bits per heavy atom. The fourth-order valence-electron chi connectivity index (χ4n) is 3.68. The Hall–Kier alpha value is -2.93. The SMILES string of the molecule is O=C(c1cc(F)ccc1Cl)N1CCN(c2nc3ccccc3nc2NC2CC2)CC1. The van der Waals surface area contributed by atoms with E-state index in [1.54, 1.807) is 4.90 Å². The van der Waals surface area contributed by atoms with Gasteiger partial charge >= 0.3 is 0 Å². The van der Waals surface area contributed by atoms with Gasteiger partial charge in [-0.05, 0) is 43.2 Å². The number of fused-ring (bicyclic) bond motifs is 1. The van der Waals surface area contributed by atoms with Crippen molar-refractivity contribution in [2.75, 3.05) is 36.4 Å². The summed E-state index contributed by atoms with van der Waals surface area (Å²) in [6, 6.07) is 12.2. The van der Waals surface area contributed by atoms with Crippen LogP contribution in [0.25, 0.3) is 11.0 Å². The van der Waals surface area contributed by atoms with E-state index in [1.807, 2.05) is 24.3 Å². The first-order valence-corrected chi connectivity index (χ1v) is 10.5. The molecule has 8 heteroatoms. The molecular formula is C22H21ClFN5O. The number of benzene rings is 2. The van der Waals surface area contributed by atoms with Crippen LogP contribution in [0, 0.1) is 5.82 Å². The smallest absolute Gasteiger partial charge is 0.255 e. The molecule has 1 amide bonds. The summed E-state index contributed by atoms with van der Waals surface area (Å²) in [4.78, 5) is 26.3. The highest BCUT2D eigenvalue weighted by Gasteiger charge is 2.28. The van der Waals surface area contributed by atoms with E-state index in [0.717, 1.165) is 35.5 Å². The molecule has 3 aromatic rings. The number of aromatic nitrogens is 2. The normalized spacial score (nSPS) is 16.7. The van der Waals surface area contributed by atoms with Crippen molar-refractivity contribution in [3.05, 3.63) is 58.9 Å². The van der Waals surface area contributed by atoms with Gasteiger partial charge in [-0.25, -0.2) is 14.4 Å². The number of para-hydroxylation sites is 2. The monoisotopic (exact) mass is 425 g/mol. The molecule has 0 unspecified atom stereocenters. The molecule has 1 aliphatic heterocycles. The molecule has 2 heterocycles. The Kier molecular flexibility index (Phi) is 4.90. The van der Waals surface area contributed by atoms with E-state index in [2.05, 4.69) is 10.2 Å². The largest absolute Gasteiger partial charge is 0.364 e. The van der Waals surface area contributed by atoms with Crippen LogP contribution in [-0.4, -0.2) is 53.0 Å². The molecule has 1 aromatic heterocycles. The number of halogens is 2. The van der Waals surface area contributed by atoms with Crippen molar-refractivity contribution in [2.45, 2.75) is 18.9 Å². The average Bonchev–Trinajstić information content (AvgIpc) is 3.59. The zero-order chi connectivity index (χ0) is 20.7. The van der Waals surface area contributed by atoms with Crippen LogP contribution in [0.5, 0.6) is 0 Å². The zero-order valence-corrected chi connectivity index (χ0v) is 17.1. The van der Waals surface area contributed by atoms with Gasteiger partial charge in [-0.15, -0.1) is 0 Å². The van der Waals surface area contributed by atoms with Crippen molar-refractivity contribution in [1.82, 2.24) is 14.9 Å². The van der Waals surface area contributed by atoms with E-state index in [-0.39, 0.29) is 16.5 Å². The van der Waals surface area contributed by atoms with Gasteiger partial charge in [-0.3, -0.25) is 4.79 Å². The number of hydrogen-bond acceptors (Lipinski definition) is 5. The number of hydrogen-bond donors (Lipinski definition) is 1. The van der Waals surface area contributed by atoms with Gasteiger partial charge in [0.1, 0.15) is 5.82 Å². The molecule has 1 saturated carbocycles. The van der Waals surface area contributed by atoms with Crippen LogP contribution in [-0.2, 0) is 0 Å². The minimum absolute atomic E-state index is 0.201. The average molecular weight is 426 g/mol. The summed E-state index contributed by atoms with van der Waals surface area (Å²) in [5, 5.41) is 3.76. The maximum absolute atomic E-state index is 13.6. The summed E-state index contributed by atoms with van der Waals surface area (Å²) in [7, 11) is 0. The Labute approximate surface area is 178 Å². The molecule has 2 aliphatic rings. The number of anilines is 2. The molecule has 1 N–H and O–H groups in total. The molecule has 2 fully saturated rings. The maximum Gasteiger partial charge on any atom is 0.255 e. The van der Waals surface area contributed by atoms with Gasteiger partial charge in [0.2, 0.25) is 0 Å². The van der Waals surface area contributed by atoms with E-state index < -0.39 is 5.82 Å². The van der Waals surface area contributed by atoms with E-state index >= 15 is 0 Å². The van der Waals surface area contributed by atoms with Crippen LogP contribution in [0.2, 0.25) is 5.02 Å². The van der Waals surface area contributed by atoms with E-state index in [0.29, 0.717) is 32.2 Å². The van der Waals surface area contributed by atoms with Crippen molar-refractivity contribution >= 4 is 40.2 Å². The van der Waals surface area contributed by atoms with Gasteiger partial charge in [0.15, 0.2) is 11.6 Å². The molecular weight excluding hydrogens is 405 g/mol. The maximum atomic E-state index is 13.6. The third-order valence-corrected chi connectivity index (χ3v) is 5.83. The van der Waals surface area contributed by atoms with Crippen LogP contribution >= 0.6 is 11.6 Å². The number of nitrogens with one attached hydrogen (secondary N) is 1. The summed E-state index contributed by atoms with van der Waals surface area (Å²) in [5.74, 6) is 0.893. The molecule has 1 aliphatic carbocycles. The van der Waals surface area contributed by atoms with Crippen LogP contribution in [0.4, 0.5) is 16.0 Å². The Bertz CT molecular complexity index is 1110. The number of carbonyl (C=O) groups is 1. The van der Waals surface area contributed by atoms with E-state index in [4.69, 9.17) is 21.6 Å². The number of rotatable bonds is 4. The van der Waals surface area contributed by atoms with E-state index in [9.17, 15) is 9.18 Å². The van der Waals surface area contributed by atoms with E-state index in [1.165, 1.54) is 18.2 Å². The summed E-state index contributed by atoms with van der Waals surface area (Å²) in [5.41, 5.74) is 1.91. The van der Waals surface area contributed by atoms with Crippen molar-refractivity contribution in [3.8, 4) is 0 Å². The zero-order valence-electron chi connectivity index (χ0n) is 16.3. The Morgan fingerprint density at radius 3 is 2.43 bits per heavy atom. The number of carbonyl (C=O) groups excluding carboxylic acids is 1. The summed E-state index contributed by atoms with van der Waals surface area (Å²) >= 11 is 6.11. The second-order valence-corrected chi connectivity index (χ2v) is 8.11. The van der Waals surface area contributed by atoms with Crippen molar-refractivity contribution in [3.63, 3.8) is 0 Å². The molecule has 0 radical (unpaired) electrons. The minimum atomic E-state index is -0.469. The van der Waals surface area contributed by atoms with Crippen molar-refractivity contribution in [1.29, 1.82) is 0 Å². The van der Waals surface area contributed by atoms with Crippen molar-refractivity contribution < 1.29 is 9.18 Å². The summed E-state index contributed by atoms with van der Waals surface area (Å²) in [6.07, 6.45) is 2.29. The second-order valence-electron chi connectivity index (χ2n) is 7.71. The second kappa shape index (κ2) is 7.72. The first-order valence-electron chi connectivity index (χ1n) is 10.1. The molecule has 6 nitrogen and oxygen atoms in total. The number of nitrogens with zero attached hydrogens (tertiary/aromatic N) is 4. The molecule has 0 atom stereocenters. The lowest BCUT2D eigenvalue weighted by molar-refractivity contribution is 0.0746. The third-order valence-electron chi connectivity index (χ3n) is 5.50. The molecule has 2 aromatic carbocycles. The standard InChI is InChI=1S/C22H21ClFN5O/c23-17-8-5-14(24)13-16(17)22(30)29-11-9-28(10-12-29)21-20(25-15-6-7-15)26-18-3-1-2-4-19(18)27-21/h1-5,8,13,15H,6-7,9-12H2,(H,25,26). The van der Waals surface area contributed by atoms with Crippen LogP contribution in [0.1, 0.15) is 23.2 Å². The Balaban J connectivity index is 1.36. The van der Waals surface area contributed by atoms with Gasteiger partial charge in [-0.2, -0.15) is 0 Å². The number of amides is 1. The fraction of sp³-hybridized carbons (Fsp3) is 0.318. The first kappa shape index (κ1) is 19.1. The van der Waals surface area contributed by atoms with Gasteiger partial charge in [-0.1, -0.05) is 23.7 Å². The Morgan fingerprint density at radius 1 is 1.03 bits per heavy atom. The molecule has 154 valence electrons. The lowest BCUT2D eigenvalue weighted by Gasteiger charge is -2.36.